The van der Waals surface area contributed by atoms with Gasteiger partial charge in [0.15, 0.2) is 22.7 Å². The number of furan rings is 2. The minimum atomic E-state index is 0.460. The first kappa shape index (κ1) is 23.1. The third-order valence-electron chi connectivity index (χ3n) is 6.78. The lowest BCUT2D eigenvalue weighted by atomic mass is 10.1. The van der Waals surface area contributed by atoms with E-state index in [9.17, 15) is 0 Å². The first-order valence-corrected chi connectivity index (χ1v) is 13.0. The summed E-state index contributed by atoms with van der Waals surface area (Å²) in [7, 11) is 0. The summed E-state index contributed by atoms with van der Waals surface area (Å²) < 4.78 is 31.5. The summed E-state index contributed by atoms with van der Waals surface area (Å²) in [6.45, 7) is 0. The van der Waals surface area contributed by atoms with E-state index in [1.54, 1.807) is 36.7 Å². The first-order valence-electron chi connectivity index (χ1n) is 13.0. The Morgan fingerprint density at radius 1 is 0.439 bits per heavy atom. The van der Waals surface area contributed by atoms with Gasteiger partial charge in [0.2, 0.25) is 11.8 Å². The molecule has 7 heteroatoms. The minimum absolute atomic E-state index is 0.460. The summed E-state index contributed by atoms with van der Waals surface area (Å²) in [6, 6.07) is 34.2. The van der Waals surface area contributed by atoms with E-state index in [1.807, 2.05) is 84.9 Å². The van der Waals surface area contributed by atoms with Gasteiger partial charge in [-0.2, -0.15) is 0 Å². The van der Waals surface area contributed by atoms with Gasteiger partial charge in [-0.3, -0.25) is 0 Å². The van der Waals surface area contributed by atoms with Crippen LogP contribution in [0.3, 0.4) is 0 Å². The van der Waals surface area contributed by atoms with Crippen molar-refractivity contribution in [2.75, 3.05) is 0 Å². The molecule has 4 heterocycles. The highest BCUT2D eigenvalue weighted by molar-refractivity contribution is 6.09. The van der Waals surface area contributed by atoms with E-state index >= 15 is 0 Å². The number of hydrogen-bond donors (Lipinski definition) is 0. The smallest absolute Gasteiger partial charge is 0.219 e. The highest BCUT2D eigenvalue weighted by Gasteiger charge is 2.20. The van der Waals surface area contributed by atoms with Crippen LogP contribution in [0.5, 0.6) is 34.8 Å². The standard InChI is InChI=1S/C34H20N2O5/c1-3-11-27-23(9-1)25-17-21(37-31-13-5-7-15-35-31)19-29(33(25)40-27)39-30-20-22(38-32-14-6-8-16-36-32)18-26-24-10-2-4-12-28(24)41-34(26)30/h1-20H. The van der Waals surface area contributed by atoms with E-state index in [4.69, 9.17) is 23.0 Å². The topological polar surface area (TPSA) is 79.8 Å². The van der Waals surface area contributed by atoms with E-state index < -0.39 is 0 Å². The normalized spacial score (nSPS) is 11.4. The van der Waals surface area contributed by atoms with Crippen LogP contribution in [0.15, 0.2) is 130 Å². The number of fused-ring (bicyclic) bond motifs is 6. The Kier molecular flexibility index (Phi) is 5.31. The van der Waals surface area contributed by atoms with E-state index in [1.165, 1.54) is 0 Å². The average molecular weight is 537 g/mol. The summed E-state index contributed by atoms with van der Waals surface area (Å²) >= 11 is 0. The van der Waals surface area contributed by atoms with Crippen LogP contribution in [-0.2, 0) is 0 Å². The lowest BCUT2D eigenvalue weighted by Gasteiger charge is -2.12. The van der Waals surface area contributed by atoms with Crippen LogP contribution in [0.25, 0.3) is 43.9 Å². The molecule has 0 aliphatic carbocycles. The van der Waals surface area contributed by atoms with Gasteiger partial charge >= 0.3 is 0 Å². The molecule has 4 aromatic carbocycles. The van der Waals surface area contributed by atoms with Crippen molar-refractivity contribution in [1.82, 2.24) is 9.97 Å². The molecule has 0 aliphatic rings. The van der Waals surface area contributed by atoms with Crippen molar-refractivity contribution in [1.29, 1.82) is 0 Å². The zero-order valence-corrected chi connectivity index (χ0v) is 21.5. The Balaban J connectivity index is 1.32. The van der Waals surface area contributed by atoms with Gasteiger partial charge in [0.25, 0.3) is 0 Å². The van der Waals surface area contributed by atoms with E-state index in [0.29, 0.717) is 45.9 Å². The molecule has 4 aromatic heterocycles. The van der Waals surface area contributed by atoms with Crippen LogP contribution >= 0.6 is 0 Å². The summed E-state index contributed by atoms with van der Waals surface area (Å²) in [4.78, 5) is 8.62. The predicted molar refractivity (Wildman–Crippen MR) is 156 cm³/mol. The van der Waals surface area contributed by atoms with Crippen LogP contribution in [-0.4, -0.2) is 9.97 Å². The van der Waals surface area contributed by atoms with Gasteiger partial charge in [0, 0.05) is 58.2 Å². The van der Waals surface area contributed by atoms with Crippen molar-refractivity contribution in [2.24, 2.45) is 0 Å². The lowest BCUT2D eigenvalue weighted by molar-refractivity contribution is 0.438. The van der Waals surface area contributed by atoms with Gasteiger partial charge in [-0.05, 0) is 36.4 Å². The SMILES string of the molecule is c1ccc(Oc2cc(Oc3cc(Oc4ccccn4)cc4c3oc3ccccc34)c3oc4ccccc4c3c2)nc1. The molecule has 0 atom stereocenters. The van der Waals surface area contributed by atoms with Gasteiger partial charge < -0.3 is 23.0 Å². The number of hydrogen-bond acceptors (Lipinski definition) is 7. The van der Waals surface area contributed by atoms with Gasteiger partial charge in [0.05, 0.1) is 0 Å². The molecular weight excluding hydrogens is 516 g/mol. The zero-order valence-electron chi connectivity index (χ0n) is 21.5. The molecule has 0 N–H and O–H groups in total. The van der Waals surface area contributed by atoms with Gasteiger partial charge in [-0.15, -0.1) is 0 Å². The van der Waals surface area contributed by atoms with Crippen molar-refractivity contribution in [3.05, 3.63) is 122 Å². The molecule has 0 aliphatic heterocycles. The van der Waals surface area contributed by atoms with Crippen molar-refractivity contribution >= 4 is 43.9 Å². The highest BCUT2D eigenvalue weighted by Crippen LogP contribution is 2.45. The van der Waals surface area contributed by atoms with Crippen LogP contribution < -0.4 is 14.2 Å². The first-order chi connectivity index (χ1) is 20.3. The molecule has 0 saturated heterocycles. The molecule has 0 spiro atoms. The molecule has 0 saturated carbocycles. The molecule has 0 bridgehead atoms. The fourth-order valence-electron chi connectivity index (χ4n) is 4.99. The maximum atomic E-state index is 6.63. The second-order valence-corrected chi connectivity index (χ2v) is 9.43. The van der Waals surface area contributed by atoms with Gasteiger partial charge in [0.1, 0.15) is 22.7 Å². The van der Waals surface area contributed by atoms with Gasteiger partial charge in [-0.25, -0.2) is 9.97 Å². The fourth-order valence-corrected chi connectivity index (χ4v) is 4.99. The molecule has 0 unspecified atom stereocenters. The highest BCUT2D eigenvalue weighted by atomic mass is 16.5. The monoisotopic (exact) mass is 536 g/mol. The second-order valence-electron chi connectivity index (χ2n) is 9.43. The van der Waals surface area contributed by atoms with Crippen LogP contribution in [0.2, 0.25) is 0 Å². The summed E-state index contributed by atoms with van der Waals surface area (Å²) in [5.41, 5.74) is 2.65. The minimum Gasteiger partial charge on any atom is -0.452 e. The second kappa shape index (κ2) is 9.43. The maximum Gasteiger partial charge on any atom is 0.219 e. The molecule has 0 radical (unpaired) electrons. The average Bonchev–Trinajstić information content (AvgIpc) is 3.57. The van der Waals surface area contributed by atoms with E-state index in [2.05, 4.69) is 9.97 Å². The maximum absolute atomic E-state index is 6.63. The molecule has 196 valence electrons. The zero-order chi connectivity index (χ0) is 27.2. The van der Waals surface area contributed by atoms with E-state index in [-0.39, 0.29) is 0 Å². The summed E-state index contributed by atoms with van der Waals surface area (Å²) in [5, 5.41) is 3.59. The number of ether oxygens (including phenoxy) is 3. The van der Waals surface area contributed by atoms with Crippen LogP contribution in [0, 0.1) is 0 Å². The third kappa shape index (κ3) is 4.17. The molecule has 8 aromatic rings. The Bertz CT molecular complexity index is 2030. The summed E-state index contributed by atoms with van der Waals surface area (Å²) in [6.07, 6.45) is 3.37. The fraction of sp³-hybridized carbons (Fsp3) is 0. The molecule has 41 heavy (non-hydrogen) atoms. The van der Waals surface area contributed by atoms with Crippen LogP contribution in [0.1, 0.15) is 0 Å². The molecular formula is C34H20N2O5. The molecule has 0 fully saturated rings. The van der Waals surface area contributed by atoms with Crippen molar-refractivity contribution < 1.29 is 23.0 Å². The van der Waals surface area contributed by atoms with Crippen molar-refractivity contribution in [3.8, 4) is 34.8 Å². The van der Waals surface area contributed by atoms with Crippen molar-refractivity contribution in [2.45, 2.75) is 0 Å². The lowest BCUT2D eigenvalue weighted by Crippen LogP contribution is -1.92. The number of rotatable bonds is 6. The van der Waals surface area contributed by atoms with E-state index in [0.717, 1.165) is 32.7 Å². The molecule has 8 rings (SSSR count). The third-order valence-corrected chi connectivity index (χ3v) is 6.78. The van der Waals surface area contributed by atoms with Gasteiger partial charge in [-0.1, -0.05) is 48.5 Å². The summed E-state index contributed by atoms with van der Waals surface area (Å²) in [5.74, 6) is 2.97. The Labute approximate surface area is 233 Å². The van der Waals surface area contributed by atoms with Crippen molar-refractivity contribution in [3.63, 3.8) is 0 Å². The Morgan fingerprint density at radius 2 is 0.902 bits per heavy atom. The molecule has 0 amide bonds. The largest absolute Gasteiger partial charge is 0.452 e. The number of para-hydroxylation sites is 2. The number of aromatic nitrogens is 2. The molecule has 7 nitrogen and oxygen atoms in total. The number of nitrogens with zero attached hydrogens (tertiary/aromatic N) is 2. The predicted octanol–water partition coefficient (Wildman–Crippen LogP) is 9.65. The Morgan fingerprint density at radius 3 is 1.37 bits per heavy atom. The van der Waals surface area contributed by atoms with Crippen LogP contribution in [0.4, 0.5) is 0 Å². The quantitative estimate of drug-likeness (QED) is 0.209. The number of benzene rings is 4. The Hall–Kier alpha value is -5.82. The number of pyridine rings is 2.